The quantitative estimate of drug-likeness (QED) is 0.808. The van der Waals surface area contributed by atoms with E-state index in [9.17, 15) is 14.4 Å². The number of amides is 3. The van der Waals surface area contributed by atoms with Crippen LogP contribution in [0.2, 0.25) is 0 Å². The topological polar surface area (TPSA) is 78.5 Å². The van der Waals surface area contributed by atoms with Crippen molar-refractivity contribution in [3.63, 3.8) is 0 Å². The van der Waals surface area contributed by atoms with Gasteiger partial charge in [0.05, 0.1) is 12.5 Å². The number of benzene rings is 1. The molecule has 2 aliphatic rings. The Balaban J connectivity index is 1.47. The summed E-state index contributed by atoms with van der Waals surface area (Å²) in [6, 6.07) is 8.31. The highest BCUT2D eigenvalue weighted by molar-refractivity contribution is 5.91. The van der Waals surface area contributed by atoms with E-state index in [1.807, 2.05) is 31.2 Å². The van der Waals surface area contributed by atoms with Crippen LogP contribution in [0.4, 0.5) is 0 Å². The minimum atomic E-state index is -0.378. The van der Waals surface area contributed by atoms with E-state index < -0.39 is 0 Å². The molecule has 1 saturated carbocycles. The van der Waals surface area contributed by atoms with Crippen LogP contribution in [0.5, 0.6) is 0 Å². The predicted octanol–water partition coefficient (Wildman–Crippen LogP) is 0.738. The first-order valence-electron chi connectivity index (χ1n) is 8.41. The first-order valence-corrected chi connectivity index (χ1v) is 8.41. The summed E-state index contributed by atoms with van der Waals surface area (Å²) in [5.74, 6) is -0.776. The van der Waals surface area contributed by atoms with Crippen LogP contribution in [0.3, 0.4) is 0 Å². The molecular formula is C18H23N3O3. The van der Waals surface area contributed by atoms with Gasteiger partial charge in [0.1, 0.15) is 0 Å². The highest BCUT2D eigenvalue weighted by Gasteiger charge is 2.34. The Labute approximate surface area is 141 Å². The molecule has 1 aromatic carbocycles. The molecule has 1 aromatic rings. The summed E-state index contributed by atoms with van der Waals surface area (Å²) >= 11 is 0. The molecule has 1 unspecified atom stereocenters. The fraction of sp³-hybridized carbons (Fsp3) is 0.500. The molecule has 24 heavy (non-hydrogen) atoms. The number of nitrogens with zero attached hydrogens (tertiary/aromatic N) is 1. The van der Waals surface area contributed by atoms with Gasteiger partial charge in [-0.25, -0.2) is 0 Å². The Morgan fingerprint density at radius 1 is 1.21 bits per heavy atom. The molecule has 1 aliphatic heterocycles. The van der Waals surface area contributed by atoms with Crippen molar-refractivity contribution in [1.82, 2.24) is 15.5 Å². The van der Waals surface area contributed by atoms with Crippen molar-refractivity contribution in [1.29, 1.82) is 0 Å². The van der Waals surface area contributed by atoms with E-state index in [1.54, 1.807) is 4.90 Å². The zero-order valence-corrected chi connectivity index (χ0v) is 13.9. The van der Waals surface area contributed by atoms with Crippen molar-refractivity contribution in [2.75, 3.05) is 13.1 Å². The fourth-order valence-corrected chi connectivity index (χ4v) is 2.83. The van der Waals surface area contributed by atoms with Crippen LogP contribution in [-0.4, -0.2) is 41.8 Å². The second kappa shape index (κ2) is 7.03. The third-order valence-corrected chi connectivity index (χ3v) is 4.44. The van der Waals surface area contributed by atoms with Crippen molar-refractivity contribution < 1.29 is 14.4 Å². The van der Waals surface area contributed by atoms with Crippen LogP contribution in [0, 0.1) is 12.8 Å². The van der Waals surface area contributed by atoms with E-state index in [-0.39, 0.29) is 42.6 Å². The molecule has 6 heteroatoms. The van der Waals surface area contributed by atoms with Crippen LogP contribution >= 0.6 is 0 Å². The average molecular weight is 329 g/mol. The van der Waals surface area contributed by atoms with Gasteiger partial charge in [-0.2, -0.15) is 0 Å². The number of likely N-dealkylation sites (tertiary alicyclic amines) is 1. The smallest absolute Gasteiger partial charge is 0.239 e. The first kappa shape index (κ1) is 16.5. The van der Waals surface area contributed by atoms with Gasteiger partial charge in [0, 0.05) is 25.6 Å². The van der Waals surface area contributed by atoms with Crippen molar-refractivity contribution in [3.8, 4) is 0 Å². The highest BCUT2D eigenvalue weighted by atomic mass is 16.2. The molecule has 1 atom stereocenters. The zero-order chi connectivity index (χ0) is 17.1. The standard InChI is InChI=1S/C18H23N3O3/c1-12-2-4-13(5-3-12)10-21-11-14(8-17(21)23)18(24)19-9-16(22)20-15-6-7-15/h2-5,14-15H,6-11H2,1H3,(H,19,24)(H,20,22). The van der Waals surface area contributed by atoms with Crippen LogP contribution in [0.25, 0.3) is 0 Å². The molecule has 0 bridgehead atoms. The molecule has 3 amide bonds. The maximum Gasteiger partial charge on any atom is 0.239 e. The fourth-order valence-electron chi connectivity index (χ4n) is 2.83. The van der Waals surface area contributed by atoms with Gasteiger partial charge >= 0.3 is 0 Å². The largest absolute Gasteiger partial charge is 0.352 e. The van der Waals surface area contributed by atoms with Crippen molar-refractivity contribution in [2.45, 2.75) is 38.8 Å². The minimum absolute atomic E-state index is 0.0156. The van der Waals surface area contributed by atoms with Crippen molar-refractivity contribution in [2.24, 2.45) is 5.92 Å². The molecule has 1 heterocycles. The molecule has 128 valence electrons. The summed E-state index contributed by atoms with van der Waals surface area (Å²) in [4.78, 5) is 37.6. The number of carbonyl (C=O) groups excluding carboxylic acids is 3. The number of rotatable bonds is 6. The first-order chi connectivity index (χ1) is 11.5. The Morgan fingerprint density at radius 2 is 1.92 bits per heavy atom. The molecule has 0 radical (unpaired) electrons. The number of aryl methyl sites for hydroxylation is 1. The summed E-state index contributed by atoms with van der Waals surface area (Å²) in [5.41, 5.74) is 2.23. The second-order valence-corrected chi connectivity index (χ2v) is 6.72. The Hall–Kier alpha value is -2.37. The van der Waals surface area contributed by atoms with Gasteiger partial charge in [-0.3, -0.25) is 14.4 Å². The maximum absolute atomic E-state index is 12.2. The number of hydrogen-bond donors (Lipinski definition) is 2. The summed E-state index contributed by atoms with van der Waals surface area (Å²) in [7, 11) is 0. The Kier molecular flexibility index (Phi) is 4.83. The lowest BCUT2D eigenvalue weighted by Crippen LogP contribution is -2.40. The van der Waals surface area contributed by atoms with Gasteiger partial charge < -0.3 is 15.5 Å². The Morgan fingerprint density at radius 3 is 2.58 bits per heavy atom. The molecular weight excluding hydrogens is 306 g/mol. The lowest BCUT2D eigenvalue weighted by Gasteiger charge is -2.17. The molecule has 3 rings (SSSR count). The van der Waals surface area contributed by atoms with Crippen LogP contribution < -0.4 is 10.6 Å². The lowest BCUT2D eigenvalue weighted by atomic mass is 10.1. The zero-order valence-electron chi connectivity index (χ0n) is 13.9. The third kappa shape index (κ3) is 4.34. The van der Waals surface area contributed by atoms with E-state index >= 15 is 0 Å². The summed E-state index contributed by atoms with van der Waals surface area (Å²) in [5, 5.41) is 5.46. The lowest BCUT2D eigenvalue weighted by molar-refractivity contribution is -0.129. The molecule has 1 saturated heterocycles. The predicted molar refractivity (Wildman–Crippen MR) is 88.9 cm³/mol. The molecule has 6 nitrogen and oxygen atoms in total. The summed E-state index contributed by atoms with van der Waals surface area (Å²) in [6.07, 6.45) is 2.25. The molecule has 2 N–H and O–H groups in total. The highest BCUT2D eigenvalue weighted by Crippen LogP contribution is 2.21. The monoisotopic (exact) mass is 329 g/mol. The molecule has 0 spiro atoms. The number of carbonyl (C=O) groups is 3. The van der Waals surface area contributed by atoms with E-state index in [0.717, 1.165) is 18.4 Å². The summed E-state index contributed by atoms with van der Waals surface area (Å²) < 4.78 is 0. The van der Waals surface area contributed by atoms with Gasteiger partial charge in [0.2, 0.25) is 17.7 Å². The third-order valence-electron chi connectivity index (χ3n) is 4.44. The van der Waals surface area contributed by atoms with Crippen LogP contribution in [0.15, 0.2) is 24.3 Å². The van der Waals surface area contributed by atoms with Crippen molar-refractivity contribution >= 4 is 17.7 Å². The van der Waals surface area contributed by atoms with Gasteiger partial charge in [-0.05, 0) is 25.3 Å². The molecule has 0 aromatic heterocycles. The normalized spacial score (nSPS) is 20.1. The SMILES string of the molecule is Cc1ccc(CN2CC(C(=O)NCC(=O)NC3CC3)CC2=O)cc1. The minimum Gasteiger partial charge on any atom is -0.352 e. The summed E-state index contributed by atoms with van der Waals surface area (Å²) in [6.45, 7) is 2.93. The second-order valence-electron chi connectivity index (χ2n) is 6.72. The maximum atomic E-state index is 12.2. The van der Waals surface area contributed by atoms with Crippen molar-refractivity contribution in [3.05, 3.63) is 35.4 Å². The van der Waals surface area contributed by atoms with E-state index in [1.165, 1.54) is 5.56 Å². The van der Waals surface area contributed by atoms with Gasteiger partial charge in [-0.15, -0.1) is 0 Å². The van der Waals surface area contributed by atoms with Crippen LogP contribution in [-0.2, 0) is 20.9 Å². The number of hydrogen-bond acceptors (Lipinski definition) is 3. The average Bonchev–Trinajstić information content (AvgIpc) is 3.29. The van der Waals surface area contributed by atoms with Gasteiger partial charge in [0.15, 0.2) is 0 Å². The number of nitrogens with one attached hydrogen (secondary N) is 2. The van der Waals surface area contributed by atoms with Crippen LogP contribution in [0.1, 0.15) is 30.4 Å². The molecule has 2 fully saturated rings. The molecule has 1 aliphatic carbocycles. The van der Waals surface area contributed by atoms with Gasteiger partial charge in [-0.1, -0.05) is 29.8 Å². The van der Waals surface area contributed by atoms with E-state index in [2.05, 4.69) is 10.6 Å². The Bertz CT molecular complexity index is 637. The van der Waals surface area contributed by atoms with E-state index in [4.69, 9.17) is 0 Å². The van der Waals surface area contributed by atoms with Gasteiger partial charge in [0.25, 0.3) is 0 Å². The van der Waals surface area contributed by atoms with E-state index in [0.29, 0.717) is 13.1 Å².